The van der Waals surface area contributed by atoms with Crippen LogP contribution in [0, 0.1) is 5.21 Å². The number of halogens is 1. The molecule has 1 atom stereocenters. The first-order valence-electron chi connectivity index (χ1n) is 6.63. The molecule has 0 fully saturated rings. The van der Waals surface area contributed by atoms with Crippen LogP contribution in [0.2, 0.25) is 5.02 Å². The van der Waals surface area contributed by atoms with Crippen LogP contribution in [0.1, 0.15) is 11.1 Å². The zero-order valence-corrected chi connectivity index (χ0v) is 12.3. The van der Waals surface area contributed by atoms with Crippen LogP contribution in [0.5, 0.6) is 0 Å². The molecule has 106 valence electrons. The Bertz CT molecular complexity index is 724. The summed E-state index contributed by atoms with van der Waals surface area (Å²) in [5, 5.41) is 12.2. The quantitative estimate of drug-likeness (QED) is 0.807. The molecule has 2 aromatic carbocycles. The third-order valence-corrected chi connectivity index (χ3v) is 3.54. The van der Waals surface area contributed by atoms with Crippen molar-refractivity contribution in [1.29, 1.82) is 0 Å². The van der Waals surface area contributed by atoms with Gasteiger partial charge in [-0.05, 0) is 18.2 Å². The van der Waals surface area contributed by atoms with Gasteiger partial charge in [0.25, 0.3) is 0 Å². The van der Waals surface area contributed by atoms with E-state index >= 15 is 0 Å². The van der Waals surface area contributed by atoms with Crippen LogP contribution >= 0.6 is 11.6 Å². The molecule has 3 rings (SSSR count). The van der Waals surface area contributed by atoms with Crippen LogP contribution in [0.4, 0.5) is 5.69 Å². The number of aliphatic imine (C=N–C) groups is 2. The number of nitrogens with one attached hydrogen (secondary N) is 1. The van der Waals surface area contributed by atoms with E-state index in [0.29, 0.717) is 10.9 Å². The van der Waals surface area contributed by atoms with E-state index in [1.807, 2.05) is 42.5 Å². The number of fused-ring (bicyclic) bond motifs is 1. The third kappa shape index (κ3) is 2.88. The molecule has 0 aromatic heterocycles. The normalized spacial score (nSPS) is 15.6. The Kier molecular flexibility index (Phi) is 3.84. The van der Waals surface area contributed by atoms with Gasteiger partial charge in [-0.25, -0.2) is 0 Å². The van der Waals surface area contributed by atoms with Crippen molar-refractivity contribution in [2.45, 2.75) is 0 Å². The van der Waals surface area contributed by atoms with Gasteiger partial charge in [-0.2, -0.15) is 4.99 Å². The maximum Gasteiger partial charge on any atom is 0.223 e. The molecular formula is C16H14ClN3O. The van der Waals surface area contributed by atoms with Crippen molar-refractivity contribution in [3.8, 4) is 0 Å². The van der Waals surface area contributed by atoms with E-state index in [4.69, 9.17) is 11.6 Å². The van der Waals surface area contributed by atoms with Crippen molar-refractivity contribution in [2.75, 3.05) is 13.6 Å². The highest BCUT2D eigenvalue weighted by molar-refractivity contribution is 6.31. The second kappa shape index (κ2) is 5.77. The van der Waals surface area contributed by atoms with Crippen molar-refractivity contribution in [2.24, 2.45) is 9.98 Å². The summed E-state index contributed by atoms with van der Waals surface area (Å²) < 4.78 is 0. The Balaban J connectivity index is 2.19. The fourth-order valence-corrected chi connectivity index (χ4v) is 2.42. The minimum absolute atomic E-state index is 0.0611. The number of nitrogens with zero attached hydrogens (tertiary/aromatic N) is 2. The summed E-state index contributed by atoms with van der Waals surface area (Å²) in [6.07, 6.45) is 0. The highest BCUT2D eigenvalue weighted by Gasteiger charge is 2.18. The van der Waals surface area contributed by atoms with E-state index in [2.05, 4.69) is 9.98 Å². The summed E-state index contributed by atoms with van der Waals surface area (Å²) in [4.78, 5) is 9.03. The summed E-state index contributed by atoms with van der Waals surface area (Å²) in [7, 11) is 1.51. The molecule has 1 heterocycles. The average molecular weight is 300 g/mol. The van der Waals surface area contributed by atoms with E-state index in [0.717, 1.165) is 22.5 Å². The van der Waals surface area contributed by atoms with Crippen LogP contribution < -0.4 is 5.06 Å². The minimum atomic E-state index is -0.0611. The molecule has 1 aliphatic rings. The van der Waals surface area contributed by atoms with E-state index in [1.54, 1.807) is 6.07 Å². The second-order valence-electron chi connectivity index (χ2n) is 4.81. The first-order valence-corrected chi connectivity index (χ1v) is 7.01. The molecule has 0 saturated carbocycles. The second-order valence-corrected chi connectivity index (χ2v) is 5.24. The van der Waals surface area contributed by atoms with Gasteiger partial charge in [0.05, 0.1) is 18.4 Å². The fraction of sp³-hybridized carbons (Fsp3) is 0.125. The number of likely N-dealkylation sites (N-methyl/N-ethyl adjacent to an activating group) is 1. The summed E-state index contributed by atoms with van der Waals surface area (Å²) >= 11 is 6.11. The topological polar surface area (TPSA) is 52.2 Å². The molecule has 5 heteroatoms. The number of quaternary nitrogens is 1. The van der Waals surface area contributed by atoms with Crippen molar-refractivity contribution in [1.82, 2.24) is 0 Å². The number of hydroxylamine groups is 2. The predicted octanol–water partition coefficient (Wildman–Crippen LogP) is 2.23. The molecule has 1 unspecified atom stereocenters. The van der Waals surface area contributed by atoms with Gasteiger partial charge in [-0.15, -0.1) is 0 Å². The van der Waals surface area contributed by atoms with E-state index in [1.165, 1.54) is 7.05 Å². The smallest absolute Gasteiger partial charge is 0.223 e. The summed E-state index contributed by atoms with van der Waals surface area (Å²) in [6, 6.07) is 15.3. The van der Waals surface area contributed by atoms with Gasteiger partial charge in [0.1, 0.15) is 6.54 Å². The number of amidine groups is 1. The monoisotopic (exact) mass is 299 g/mol. The van der Waals surface area contributed by atoms with Crippen molar-refractivity contribution in [3.05, 3.63) is 69.9 Å². The number of benzene rings is 2. The van der Waals surface area contributed by atoms with Gasteiger partial charge in [-0.3, -0.25) is 4.99 Å². The Morgan fingerprint density at radius 3 is 2.62 bits per heavy atom. The highest BCUT2D eigenvalue weighted by Crippen LogP contribution is 2.27. The Labute approximate surface area is 128 Å². The standard InChI is InChI=1S/C16H14ClN3O/c1-20(21)15-10-18-16(11-5-3-2-4-6-11)13-9-12(17)7-8-14(13)19-15/h2-9,20H,10H2,1H3. The molecule has 1 aliphatic heterocycles. The lowest BCUT2D eigenvalue weighted by Crippen LogP contribution is -3.07. The van der Waals surface area contributed by atoms with Crippen LogP contribution in [0.3, 0.4) is 0 Å². The zero-order chi connectivity index (χ0) is 14.8. The summed E-state index contributed by atoms with van der Waals surface area (Å²) in [6.45, 7) is 0.284. The molecule has 2 aromatic rings. The third-order valence-electron chi connectivity index (χ3n) is 3.31. The lowest BCUT2D eigenvalue weighted by atomic mass is 10.0. The minimum Gasteiger partial charge on any atom is -0.628 e. The number of hydrogen-bond acceptors (Lipinski definition) is 3. The maximum absolute atomic E-state index is 11.6. The molecule has 0 amide bonds. The Morgan fingerprint density at radius 2 is 1.90 bits per heavy atom. The average Bonchev–Trinajstić information content (AvgIpc) is 2.67. The van der Waals surface area contributed by atoms with Crippen molar-refractivity contribution < 1.29 is 5.06 Å². The van der Waals surface area contributed by atoms with Crippen LogP contribution in [0.25, 0.3) is 0 Å². The highest BCUT2D eigenvalue weighted by atomic mass is 35.5. The van der Waals surface area contributed by atoms with Gasteiger partial charge in [0.15, 0.2) is 0 Å². The van der Waals surface area contributed by atoms with E-state index in [9.17, 15) is 5.21 Å². The van der Waals surface area contributed by atoms with Crippen molar-refractivity contribution >= 4 is 28.8 Å². The number of rotatable bonds is 1. The molecule has 0 spiro atoms. The first-order chi connectivity index (χ1) is 10.1. The Morgan fingerprint density at radius 1 is 1.14 bits per heavy atom. The van der Waals surface area contributed by atoms with Gasteiger partial charge < -0.3 is 10.3 Å². The molecule has 0 bridgehead atoms. The van der Waals surface area contributed by atoms with Crippen LogP contribution in [0.15, 0.2) is 58.5 Å². The molecule has 1 N–H and O–H groups in total. The predicted molar refractivity (Wildman–Crippen MR) is 85.7 cm³/mol. The van der Waals surface area contributed by atoms with E-state index < -0.39 is 0 Å². The molecule has 4 nitrogen and oxygen atoms in total. The van der Waals surface area contributed by atoms with Gasteiger partial charge in [-0.1, -0.05) is 41.9 Å². The van der Waals surface area contributed by atoms with E-state index in [-0.39, 0.29) is 11.6 Å². The number of hydrogen-bond donors (Lipinski definition) is 1. The van der Waals surface area contributed by atoms with Gasteiger partial charge in [0, 0.05) is 16.1 Å². The molecule has 21 heavy (non-hydrogen) atoms. The zero-order valence-electron chi connectivity index (χ0n) is 11.5. The summed E-state index contributed by atoms with van der Waals surface area (Å²) in [5.74, 6) is 0.463. The molecule has 0 aliphatic carbocycles. The van der Waals surface area contributed by atoms with Crippen LogP contribution in [-0.2, 0) is 0 Å². The van der Waals surface area contributed by atoms with Gasteiger partial charge >= 0.3 is 0 Å². The van der Waals surface area contributed by atoms with Gasteiger partial charge in [0.2, 0.25) is 5.84 Å². The Hall–Kier alpha value is -2.01. The first kappa shape index (κ1) is 13.9. The maximum atomic E-state index is 11.6. The largest absolute Gasteiger partial charge is 0.628 e. The lowest BCUT2D eigenvalue weighted by Gasteiger charge is -2.15. The SMILES string of the molecule is C[NH+]([O-])C1=Nc2ccc(Cl)cc2C(c2ccccc2)=NC1. The molecule has 0 radical (unpaired) electrons. The molecule has 0 saturated heterocycles. The molecular weight excluding hydrogens is 286 g/mol. The lowest BCUT2D eigenvalue weighted by molar-refractivity contribution is -0.723. The summed E-state index contributed by atoms with van der Waals surface area (Å²) in [5.41, 5.74) is 3.38. The van der Waals surface area contributed by atoms with Crippen molar-refractivity contribution in [3.63, 3.8) is 0 Å². The van der Waals surface area contributed by atoms with Crippen LogP contribution in [-0.4, -0.2) is 25.1 Å². The fourth-order valence-electron chi connectivity index (χ4n) is 2.25.